The van der Waals surface area contributed by atoms with E-state index in [1.807, 2.05) is 6.92 Å². The van der Waals surface area contributed by atoms with Crippen LogP contribution in [-0.4, -0.2) is 29.6 Å². The van der Waals surface area contributed by atoms with Gasteiger partial charge in [0, 0.05) is 5.92 Å². The fraction of sp³-hybridized carbons (Fsp3) is 0.909. The lowest BCUT2D eigenvalue weighted by atomic mass is 9.74. The van der Waals surface area contributed by atoms with E-state index in [1.165, 1.54) is 25.7 Å². The van der Waals surface area contributed by atoms with Gasteiger partial charge in [0.1, 0.15) is 5.78 Å². The summed E-state index contributed by atoms with van der Waals surface area (Å²) >= 11 is 0. The van der Waals surface area contributed by atoms with Gasteiger partial charge in [-0.1, -0.05) is 66.7 Å². The summed E-state index contributed by atoms with van der Waals surface area (Å²) in [7, 11) is 0. The number of ketones is 1. The molecule has 0 spiro atoms. The molecular weight excluding hydrogens is 328 g/mol. The maximum Gasteiger partial charge on any atom is 0.308 e. The van der Waals surface area contributed by atoms with Crippen LogP contribution in [0.5, 0.6) is 0 Å². The number of aliphatic hydroxyl groups is 1. The molecule has 0 aromatic rings. The molecule has 1 saturated heterocycles. The Morgan fingerprint density at radius 1 is 1.12 bits per heavy atom. The Balaban J connectivity index is 2.81. The lowest BCUT2D eigenvalue weighted by molar-refractivity contribution is -0.150. The number of rotatable bonds is 2. The van der Waals surface area contributed by atoms with Crippen LogP contribution in [0.3, 0.4) is 0 Å². The van der Waals surface area contributed by atoms with Gasteiger partial charge in [-0.15, -0.1) is 0 Å². The van der Waals surface area contributed by atoms with Crippen molar-refractivity contribution in [3.8, 4) is 0 Å². The third-order valence-corrected chi connectivity index (χ3v) is 6.06. The fourth-order valence-corrected chi connectivity index (χ4v) is 4.25. The Morgan fingerprint density at radius 3 is 2.42 bits per heavy atom. The molecule has 4 atom stereocenters. The molecule has 0 aromatic heterocycles. The molecule has 1 aliphatic heterocycles. The van der Waals surface area contributed by atoms with Crippen LogP contribution in [0.2, 0.25) is 0 Å². The monoisotopic (exact) mass is 368 g/mol. The molecule has 1 heterocycles. The van der Waals surface area contributed by atoms with E-state index in [0.29, 0.717) is 18.4 Å². The number of hydrogen-bond acceptors (Lipinski definition) is 4. The summed E-state index contributed by atoms with van der Waals surface area (Å²) < 4.78 is 5.30. The summed E-state index contributed by atoms with van der Waals surface area (Å²) in [6, 6.07) is 0. The molecule has 0 aromatic carbocycles. The first kappa shape index (κ1) is 23.1. The lowest BCUT2D eigenvalue weighted by Crippen LogP contribution is -2.42. The molecule has 4 heteroatoms. The van der Waals surface area contributed by atoms with Gasteiger partial charge in [-0.3, -0.25) is 9.59 Å². The first-order valence-electron chi connectivity index (χ1n) is 10.6. The molecule has 152 valence electrons. The lowest BCUT2D eigenvalue weighted by Gasteiger charge is -2.32. The predicted molar refractivity (Wildman–Crippen MR) is 105 cm³/mol. The highest BCUT2D eigenvalue weighted by Gasteiger charge is 2.39. The Hall–Kier alpha value is -0.900. The highest BCUT2D eigenvalue weighted by atomic mass is 16.5. The van der Waals surface area contributed by atoms with Crippen LogP contribution in [0, 0.1) is 23.2 Å². The van der Waals surface area contributed by atoms with Crippen LogP contribution in [-0.2, 0) is 14.3 Å². The number of esters is 1. The molecule has 4 nitrogen and oxygen atoms in total. The standard InChI is InChI=1S/C22H40O4/c1-6-9-18-11-7-10-16(2)14-17(3)21(25)22(4,5)19(23)15-20(24)26-13-8-12-18/h16-19,23H,6-15H2,1-5H3/t16-,17+,18-,19-/m0/s1. The van der Waals surface area contributed by atoms with E-state index in [4.69, 9.17) is 4.74 Å². The Kier molecular flexibility index (Phi) is 9.84. The van der Waals surface area contributed by atoms with Gasteiger partial charge in [0.2, 0.25) is 0 Å². The van der Waals surface area contributed by atoms with E-state index in [0.717, 1.165) is 25.7 Å². The van der Waals surface area contributed by atoms with Crippen molar-refractivity contribution < 1.29 is 19.4 Å². The molecule has 1 fully saturated rings. The SMILES string of the molecule is CCC[C@@H]1CCCOC(=O)C[C@H](O)C(C)(C)C(=O)[C@H](C)C[C@@H](C)CCC1. The summed E-state index contributed by atoms with van der Waals surface area (Å²) in [5, 5.41) is 10.5. The van der Waals surface area contributed by atoms with Crippen molar-refractivity contribution in [2.75, 3.05) is 6.61 Å². The van der Waals surface area contributed by atoms with E-state index < -0.39 is 17.5 Å². The third-order valence-electron chi connectivity index (χ3n) is 6.06. The zero-order chi connectivity index (χ0) is 19.7. The molecule has 0 bridgehead atoms. The second kappa shape index (κ2) is 11.1. The van der Waals surface area contributed by atoms with Crippen molar-refractivity contribution in [2.45, 2.75) is 98.5 Å². The van der Waals surface area contributed by atoms with Gasteiger partial charge < -0.3 is 9.84 Å². The van der Waals surface area contributed by atoms with E-state index in [2.05, 4.69) is 13.8 Å². The van der Waals surface area contributed by atoms with Crippen LogP contribution in [0.25, 0.3) is 0 Å². The Labute approximate surface area is 160 Å². The predicted octanol–water partition coefficient (Wildman–Crippen LogP) is 4.92. The first-order valence-corrected chi connectivity index (χ1v) is 10.6. The second-order valence-corrected chi connectivity index (χ2v) is 9.00. The van der Waals surface area contributed by atoms with Gasteiger partial charge in [-0.2, -0.15) is 0 Å². The number of hydrogen-bond donors (Lipinski definition) is 1. The largest absolute Gasteiger partial charge is 0.466 e. The van der Waals surface area contributed by atoms with Gasteiger partial charge in [-0.25, -0.2) is 0 Å². The molecule has 0 amide bonds. The molecule has 1 N–H and O–H groups in total. The summed E-state index contributed by atoms with van der Waals surface area (Å²) in [6.45, 7) is 10.3. The quantitative estimate of drug-likeness (QED) is 0.703. The van der Waals surface area contributed by atoms with E-state index in [-0.39, 0.29) is 18.1 Å². The van der Waals surface area contributed by atoms with Gasteiger partial charge in [-0.05, 0) is 31.1 Å². The van der Waals surface area contributed by atoms with Crippen molar-refractivity contribution in [3.05, 3.63) is 0 Å². The minimum atomic E-state index is -0.999. The molecule has 1 aliphatic rings. The molecule has 0 saturated carbocycles. The smallest absolute Gasteiger partial charge is 0.308 e. The van der Waals surface area contributed by atoms with Gasteiger partial charge in [0.15, 0.2) is 0 Å². The Bertz CT molecular complexity index is 443. The normalized spacial score (nSPS) is 32.8. The Morgan fingerprint density at radius 2 is 1.77 bits per heavy atom. The van der Waals surface area contributed by atoms with Crippen LogP contribution < -0.4 is 0 Å². The van der Waals surface area contributed by atoms with Crippen molar-refractivity contribution in [1.82, 2.24) is 0 Å². The number of aliphatic hydroxyl groups excluding tert-OH is 1. The number of ether oxygens (including phenoxy) is 1. The number of Topliss-reactive ketones (excluding diaryl/α,β-unsaturated/α-hetero) is 1. The average molecular weight is 369 g/mol. The van der Waals surface area contributed by atoms with Crippen LogP contribution in [0.15, 0.2) is 0 Å². The molecule has 0 aliphatic carbocycles. The highest BCUT2D eigenvalue weighted by Crippen LogP contribution is 2.32. The number of carbonyl (C=O) groups excluding carboxylic acids is 2. The van der Waals surface area contributed by atoms with Crippen molar-refractivity contribution in [1.29, 1.82) is 0 Å². The molecule has 0 unspecified atom stereocenters. The first-order chi connectivity index (χ1) is 12.2. The van der Waals surface area contributed by atoms with Crippen molar-refractivity contribution in [2.24, 2.45) is 23.2 Å². The summed E-state index contributed by atoms with van der Waals surface area (Å²) in [6.07, 6.45) is 7.68. The second-order valence-electron chi connectivity index (χ2n) is 9.00. The van der Waals surface area contributed by atoms with Crippen LogP contribution >= 0.6 is 0 Å². The zero-order valence-corrected chi connectivity index (χ0v) is 17.6. The molecule has 0 radical (unpaired) electrons. The minimum Gasteiger partial charge on any atom is -0.466 e. The van der Waals surface area contributed by atoms with Gasteiger partial charge in [0.05, 0.1) is 24.5 Å². The van der Waals surface area contributed by atoms with E-state index in [1.54, 1.807) is 13.8 Å². The third kappa shape index (κ3) is 7.38. The molecule has 1 rings (SSSR count). The van der Waals surface area contributed by atoms with E-state index >= 15 is 0 Å². The topological polar surface area (TPSA) is 63.6 Å². The highest BCUT2D eigenvalue weighted by molar-refractivity contribution is 5.87. The zero-order valence-electron chi connectivity index (χ0n) is 17.6. The van der Waals surface area contributed by atoms with Crippen molar-refractivity contribution >= 4 is 11.8 Å². The number of carbonyl (C=O) groups is 2. The van der Waals surface area contributed by atoms with Gasteiger partial charge >= 0.3 is 5.97 Å². The van der Waals surface area contributed by atoms with E-state index in [9.17, 15) is 14.7 Å². The summed E-state index contributed by atoms with van der Waals surface area (Å²) in [5.41, 5.74) is -0.929. The minimum absolute atomic E-state index is 0.0422. The van der Waals surface area contributed by atoms with Crippen LogP contribution in [0.1, 0.15) is 92.4 Å². The summed E-state index contributed by atoms with van der Waals surface area (Å²) in [4.78, 5) is 24.9. The van der Waals surface area contributed by atoms with Crippen molar-refractivity contribution in [3.63, 3.8) is 0 Å². The molecular formula is C22H40O4. The van der Waals surface area contributed by atoms with Crippen LogP contribution in [0.4, 0.5) is 0 Å². The van der Waals surface area contributed by atoms with Gasteiger partial charge in [0.25, 0.3) is 0 Å². The average Bonchev–Trinajstić information content (AvgIpc) is 2.56. The number of cyclic esters (lactones) is 1. The summed E-state index contributed by atoms with van der Waals surface area (Å²) in [5.74, 6) is 0.730. The molecule has 26 heavy (non-hydrogen) atoms. The maximum absolute atomic E-state index is 12.8. The fourth-order valence-electron chi connectivity index (χ4n) is 4.25. The maximum atomic E-state index is 12.8.